The monoisotopic (exact) mass is 406 g/mol. The first kappa shape index (κ1) is 27.9. The summed E-state index contributed by atoms with van der Waals surface area (Å²) in [6.07, 6.45) is 19.4. The molecule has 2 aliphatic rings. The maximum absolute atomic E-state index is 3.63. The normalized spacial score (nSPS) is 17.3. The van der Waals surface area contributed by atoms with Crippen molar-refractivity contribution in [2.75, 3.05) is 0 Å². The molecule has 0 fully saturated rings. The molecule has 2 rings (SSSR count). The van der Waals surface area contributed by atoms with Gasteiger partial charge in [-0.1, -0.05) is 66.2 Å². The molecular formula is C21H36SiZr. The van der Waals surface area contributed by atoms with Gasteiger partial charge in [0.15, 0.2) is 0 Å². The van der Waals surface area contributed by atoms with Crippen molar-refractivity contribution in [2.24, 2.45) is 5.92 Å². The van der Waals surface area contributed by atoms with Gasteiger partial charge in [0, 0.05) is 0 Å². The van der Waals surface area contributed by atoms with E-state index in [4.69, 9.17) is 0 Å². The van der Waals surface area contributed by atoms with Crippen molar-refractivity contribution in [1.82, 2.24) is 0 Å². The van der Waals surface area contributed by atoms with Crippen molar-refractivity contribution in [3.8, 4) is 0 Å². The second-order valence-corrected chi connectivity index (χ2v) is 5.15. The summed E-state index contributed by atoms with van der Waals surface area (Å²) in [4.78, 5) is 0. The predicted octanol–water partition coefficient (Wildman–Crippen LogP) is 5.63. The SMILES string of the molecule is CCC1=[C-]C(CC)C(CC)=C1CC.[C-]1=CC=CC1.[CH2-]CC.[SiH3].[Zr+3]. The van der Waals surface area contributed by atoms with Crippen LogP contribution in [0.5, 0.6) is 0 Å². The second-order valence-electron chi connectivity index (χ2n) is 5.15. The van der Waals surface area contributed by atoms with Gasteiger partial charge < -0.3 is 6.92 Å². The Hall–Kier alpha value is 0.0600. The minimum absolute atomic E-state index is 0. The van der Waals surface area contributed by atoms with E-state index in [1.165, 1.54) is 24.8 Å². The van der Waals surface area contributed by atoms with E-state index >= 15 is 0 Å². The van der Waals surface area contributed by atoms with Gasteiger partial charge in [-0.25, -0.2) is 17.7 Å². The molecule has 0 aromatic heterocycles. The zero-order valence-electron chi connectivity index (χ0n) is 16.3. The van der Waals surface area contributed by atoms with E-state index in [1.54, 1.807) is 11.1 Å². The van der Waals surface area contributed by atoms with Gasteiger partial charge in [0.05, 0.1) is 0 Å². The molecule has 0 aromatic carbocycles. The average molecular weight is 408 g/mol. The van der Waals surface area contributed by atoms with Crippen LogP contribution < -0.4 is 0 Å². The molecule has 0 nitrogen and oxygen atoms in total. The van der Waals surface area contributed by atoms with Crippen molar-refractivity contribution < 1.29 is 26.2 Å². The van der Waals surface area contributed by atoms with Crippen LogP contribution in [-0.2, 0) is 26.2 Å². The van der Waals surface area contributed by atoms with E-state index in [2.05, 4.69) is 52.8 Å². The van der Waals surface area contributed by atoms with Crippen LogP contribution in [0.3, 0.4) is 0 Å². The quantitative estimate of drug-likeness (QED) is 0.418. The molecule has 128 valence electrons. The second kappa shape index (κ2) is 18.4. The average Bonchev–Trinajstić information content (AvgIpc) is 3.17. The summed E-state index contributed by atoms with van der Waals surface area (Å²) < 4.78 is 0. The fraction of sp³-hybridized carbons (Fsp3) is 0.571. The molecule has 0 N–H and O–H groups in total. The Morgan fingerprint density at radius 2 is 1.70 bits per heavy atom. The largest absolute Gasteiger partial charge is 3.00 e. The molecule has 0 aliphatic heterocycles. The molecule has 1 unspecified atom stereocenters. The Bertz CT molecular complexity index is 379. The third-order valence-electron chi connectivity index (χ3n) is 3.60. The van der Waals surface area contributed by atoms with E-state index < -0.39 is 0 Å². The van der Waals surface area contributed by atoms with E-state index in [0.717, 1.165) is 19.3 Å². The minimum atomic E-state index is 0. The van der Waals surface area contributed by atoms with Crippen molar-refractivity contribution in [2.45, 2.75) is 73.1 Å². The number of rotatable bonds is 4. The van der Waals surface area contributed by atoms with Crippen LogP contribution >= 0.6 is 0 Å². The van der Waals surface area contributed by atoms with E-state index in [-0.39, 0.29) is 37.2 Å². The Morgan fingerprint density at radius 3 is 1.96 bits per heavy atom. The van der Waals surface area contributed by atoms with E-state index in [0.29, 0.717) is 5.92 Å². The molecule has 2 radical (unpaired) electrons. The standard InChI is InChI=1S/C13H21.C5H5.C3H7.H3Si.Zr/c1-5-10-9-11(6-2)13(8-4)12(10)7-3;1-2-4-5-3-1;1-3-2;;/h10H,5-8H2,1-4H3;1-3H,4H2;1,3H2,2H3;1H3;/q3*-1;;+3. The van der Waals surface area contributed by atoms with Gasteiger partial charge in [0.2, 0.25) is 0 Å². The molecule has 2 aliphatic carbocycles. The summed E-state index contributed by atoms with van der Waals surface area (Å²) >= 11 is 0. The molecule has 0 saturated heterocycles. The molecule has 2 heteroatoms. The predicted molar refractivity (Wildman–Crippen MR) is 106 cm³/mol. The third kappa shape index (κ3) is 10.5. The Kier molecular flexibility index (Phi) is 22.3. The summed E-state index contributed by atoms with van der Waals surface area (Å²) in [5.74, 6) is 0.634. The van der Waals surface area contributed by atoms with Crippen LogP contribution in [0.4, 0.5) is 0 Å². The van der Waals surface area contributed by atoms with Gasteiger partial charge in [-0.05, 0) is 11.0 Å². The molecule has 0 saturated carbocycles. The van der Waals surface area contributed by atoms with Crippen LogP contribution in [0.1, 0.15) is 73.1 Å². The molecule has 0 bridgehead atoms. The van der Waals surface area contributed by atoms with Crippen LogP contribution in [0, 0.1) is 25.0 Å². The fourth-order valence-corrected chi connectivity index (χ4v) is 2.69. The molecule has 0 spiro atoms. The topological polar surface area (TPSA) is 0 Å². The summed E-state index contributed by atoms with van der Waals surface area (Å²) in [6.45, 7) is 14.5. The van der Waals surface area contributed by atoms with E-state index in [9.17, 15) is 0 Å². The van der Waals surface area contributed by atoms with Crippen molar-refractivity contribution in [1.29, 1.82) is 0 Å². The van der Waals surface area contributed by atoms with Crippen LogP contribution in [-0.4, -0.2) is 11.0 Å². The van der Waals surface area contributed by atoms with Crippen molar-refractivity contribution in [3.05, 3.63) is 54.0 Å². The fourth-order valence-electron chi connectivity index (χ4n) is 2.69. The van der Waals surface area contributed by atoms with Crippen LogP contribution in [0.25, 0.3) is 0 Å². The van der Waals surface area contributed by atoms with Crippen LogP contribution in [0.15, 0.2) is 34.9 Å². The maximum Gasteiger partial charge on any atom is 3.00 e. The molecule has 0 amide bonds. The zero-order chi connectivity index (χ0) is 16.1. The molecule has 0 aromatic rings. The molecule has 0 heterocycles. The maximum atomic E-state index is 3.63. The number of hydrogen-bond donors (Lipinski definition) is 0. The van der Waals surface area contributed by atoms with Crippen molar-refractivity contribution in [3.63, 3.8) is 0 Å². The van der Waals surface area contributed by atoms with Gasteiger partial charge in [0.25, 0.3) is 0 Å². The molecule has 1 atom stereocenters. The Labute approximate surface area is 169 Å². The summed E-state index contributed by atoms with van der Waals surface area (Å²) in [6, 6.07) is 0. The van der Waals surface area contributed by atoms with Gasteiger partial charge >= 0.3 is 26.2 Å². The first-order valence-corrected chi connectivity index (χ1v) is 8.55. The van der Waals surface area contributed by atoms with Crippen LogP contribution in [0.2, 0.25) is 0 Å². The summed E-state index contributed by atoms with van der Waals surface area (Å²) in [7, 11) is 0. The van der Waals surface area contributed by atoms with Gasteiger partial charge in [-0.15, -0.1) is 6.42 Å². The summed E-state index contributed by atoms with van der Waals surface area (Å²) in [5, 5.41) is 0. The smallest absolute Gasteiger partial charge is 0.344 e. The number of allylic oxidation sites excluding steroid dienone is 8. The summed E-state index contributed by atoms with van der Waals surface area (Å²) in [5.41, 5.74) is 4.75. The van der Waals surface area contributed by atoms with E-state index in [1.807, 2.05) is 19.1 Å². The zero-order valence-corrected chi connectivity index (χ0v) is 20.7. The van der Waals surface area contributed by atoms with Gasteiger partial charge in [-0.3, -0.25) is 12.2 Å². The molecular weight excluding hydrogens is 372 g/mol. The third-order valence-corrected chi connectivity index (χ3v) is 3.60. The first-order valence-electron chi connectivity index (χ1n) is 8.55. The minimum Gasteiger partial charge on any atom is -0.344 e. The van der Waals surface area contributed by atoms with Gasteiger partial charge in [0.1, 0.15) is 0 Å². The Balaban J connectivity index is -0.000000336. The number of hydrogen-bond acceptors (Lipinski definition) is 0. The van der Waals surface area contributed by atoms with Gasteiger partial charge in [-0.2, -0.15) is 23.6 Å². The Morgan fingerprint density at radius 1 is 1.09 bits per heavy atom. The molecule has 23 heavy (non-hydrogen) atoms. The first-order chi connectivity index (χ1) is 10.2. The van der Waals surface area contributed by atoms with Crippen molar-refractivity contribution >= 4 is 11.0 Å².